The molecule has 0 spiro atoms. The number of hydrogen-bond donors (Lipinski definition) is 2. The molecule has 2 N–H and O–H groups in total. The molecule has 0 aromatic carbocycles. The lowest BCUT2D eigenvalue weighted by Gasteiger charge is -2.17. The van der Waals surface area contributed by atoms with Crippen molar-refractivity contribution in [2.24, 2.45) is 5.41 Å². The molecule has 1 amide bonds. The Balaban J connectivity index is 1.60. The quantitative estimate of drug-likeness (QED) is 0.524. The van der Waals surface area contributed by atoms with Gasteiger partial charge in [-0.3, -0.25) is 4.79 Å². The van der Waals surface area contributed by atoms with Gasteiger partial charge in [0.05, 0.1) is 5.75 Å². The number of amides is 1. The second-order valence-electron chi connectivity index (χ2n) is 7.24. The molecular formula is C16H30N2O3S. The maximum atomic E-state index is 12.0. The standard InChI is InChI=1S/C16H30N2O3S/c1-22(20,21)13-16(8-9-16)12-15(19)18-11-10-17-14-6-4-2-3-5-7-14/h14,17H,2-13H2,1H3,(H,18,19). The molecule has 2 saturated carbocycles. The van der Waals surface area contributed by atoms with Gasteiger partial charge in [-0.15, -0.1) is 0 Å². The topological polar surface area (TPSA) is 75.3 Å². The summed E-state index contributed by atoms with van der Waals surface area (Å²) in [5, 5.41) is 6.45. The highest BCUT2D eigenvalue weighted by molar-refractivity contribution is 7.90. The Labute approximate surface area is 134 Å². The molecule has 0 heterocycles. The van der Waals surface area contributed by atoms with Gasteiger partial charge in [0.2, 0.25) is 5.91 Å². The van der Waals surface area contributed by atoms with E-state index in [1.807, 2.05) is 0 Å². The van der Waals surface area contributed by atoms with Gasteiger partial charge in [-0.25, -0.2) is 8.42 Å². The summed E-state index contributed by atoms with van der Waals surface area (Å²) in [7, 11) is -3.00. The number of carbonyl (C=O) groups is 1. The number of hydrogen-bond acceptors (Lipinski definition) is 4. The van der Waals surface area contributed by atoms with Crippen LogP contribution in [0.4, 0.5) is 0 Å². The Bertz CT molecular complexity index is 464. The van der Waals surface area contributed by atoms with E-state index in [2.05, 4.69) is 10.6 Å². The molecule has 0 saturated heterocycles. The van der Waals surface area contributed by atoms with Crippen LogP contribution in [0.1, 0.15) is 57.8 Å². The van der Waals surface area contributed by atoms with Gasteiger partial charge in [-0.1, -0.05) is 25.7 Å². The third kappa shape index (κ3) is 6.65. The monoisotopic (exact) mass is 330 g/mol. The van der Waals surface area contributed by atoms with Crippen molar-refractivity contribution in [3.8, 4) is 0 Å². The van der Waals surface area contributed by atoms with Crippen molar-refractivity contribution in [3.63, 3.8) is 0 Å². The summed E-state index contributed by atoms with van der Waals surface area (Å²) in [5.74, 6) is 0.136. The van der Waals surface area contributed by atoms with E-state index in [4.69, 9.17) is 0 Å². The molecule has 0 atom stereocenters. The van der Waals surface area contributed by atoms with E-state index in [0.29, 0.717) is 19.0 Å². The summed E-state index contributed by atoms with van der Waals surface area (Å²) >= 11 is 0. The lowest BCUT2D eigenvalue weighted by molar-refractivity contribution is -0.122. The second kappa shape index (κ2) is 7.77. The molecule has 2 fully saturated rings. The fraction of sp³-hybridized carbons (Fsp3) is 0.938. The van der Waals surface area contributed by atoms with Crippen LogP contribution < -0.4 is 10.6 Å². The minimum Gasteiger partial charge on any atom is -0.355 e. The highest BCUT2D eigenvalue weighted by Crippen LogP contribution is 2.49. The summed E-state index contributed by atoms with van der Waals surface area (Å²) in [5.41, 5.74) is -0.271. The molecule has 2 aliphatic rings. The van der Waals surface area contributed by atoms with Gasteiger partial charge in [0.15, 0.2) is 0 Å². The zero-order chi connectivity index (χ0) is 16.1. The van der Waals surface area contributed by atoms with Crippen LogP contribution in [0.25, 0.3) is 0 Å². The smallest absolute Gasteiger partial charge is 0.220 e. The van der Waals surface area contributed by atoms with Crippen LogP contribution in [-0.2, 0) is 14.6 Å². The van der Waals surface area contributed by atoms with Crippen molar-refractivity contribution >= 4 is 15.7 Å². The van der Waals surface area contributed by atoms with Crippen molar-refractivity contribution in [3.05, 3.63) is 0 Å². The van der Waals surface area contributed by atoms with Crippen LogP contribution in [0.15, 0.2) is 0 Å². The van der Waals surface area contributed by atoms with Crippen molar-refractivity contribution in [2.45, 2.75) is 63.8 Å². The summed E-state index contributed by atoms with van der Waals surface area (Å²) < 4.78 is 22.8. The Morgan fingerprint density at radius 3 is 2.27 bits per heavy atom. The molecule has 2 rings (SSSR count). The average Bonchev–Trinajstić information content (AvgIpc) is 3.17. The summed E-state index contributed by atoms with van der Waals surface area (Å²) in [6.07, 6.45) is 11.1. The molecular weight excluding hydrogens is 300 g/mol. The molecule has 0 bridgehead atoms. The van der Waals surface area contributed by atoms with Gasteiger partial charge < -0.3 is 10.6 Å². The minimum absolute atomic E-state index is 0.0104. The highest BCUT2D eigenvalue weighted by Gasteiger charge is 2.46. The van der Waals surface area contributed by atoms with Crippen LogP contribution in [0, 0.1) is 5.41 Å². The van der Waals surface area contributed by atoms with Crippen LogP contribution >= 0.6 is 0 Å². The first-order valence-corrected chi connectivity index (χ1v) is 10.6. The van der Waals surface area contributed by atoms with Gasteiger partial charge >= 0.3 is 0 Å². The number of carbonyl (C=O) groups excluding carboxylic acids is 1. The first kappa shape index (κ1) is 17.7. The van der Waals surface area contributed by atoms with E-state index < -0.39 is 9.84 Å². The lowest BCUT2D eigenvalue weighted by atomic mass is 10.1. The van der Waals surface area contributed by atoms with E-state index >= 15 is 0 Å². The van der Waals surface area contributed by atoms with Crippen molar-refractivity contribution < 1.29 is 13.2 Å². The van der Waals surface area contributed by atoms with Crippen molar-refractivity contribution in [1.82, 2.24) is 10.6 Å². The molecule has 22 heavy (non-hydrogen) atoms. The SMILES string of the molecule is CS(=O)(=O)CC1(CC(=O)NCCNC2CCCCCC2)CC1. The molecule has 0 radical (unpaired) electrons. The van der Waals surface area contributed by atoms with Crippen molar-refractivity contribution in [2.75, 3.05) is 25.1 Å². The molecule has 128 valence electrons. The molecule has 2 aliphatic carbocycles. The van der Waals surface area contributed by atoms with Crippen LogP contribution in [0.2, 0.25) is 0 Å². The van der Waals surface area contributed by atoms with Crippen LogP contribution in [-0.4, -0.2) is 45.5 Å². The maximum Gasteiger partial charge on any atom is 0.220 e. The predicted octanol–water partition coefficient (Wildman–Crippen LogP) is 1.63. The third-order valence-electron chi connectivity index (χ3n) is 4.80. The Morgan fingerprint density at radius 1 is 1.09 bits per heavy atom. The van der Waals surface area contributed by atoms with Crippen LogP contribution in [0.3, 0.4) is 0 Å². The van der Waals surface area contributed by atoms with Gasteiger partial charge in [0.25, 0.3) is 0 Å². The van der Waals surface area contributed by atoms with E-state index in [9.17, 15) is 13.2 Å². The van der Waals surface area contributed by atoms with Gasteiger partial charge in [-0.2, -0.15) is 0 Å². The Kier molecular flexibility index (Phi) is 6.26. The van der Waals surface area contributed by atoms with E-state index in [0.717, 1.165) is 19.4 Å². The van der Waals surface area contributed by atoms with Crippen LogP contribution in [0.5, 0.6) is 0 Å². The molecule has 5 nitrogen and oxygen atoms in total. The molecule has 6 heteroatoms. The summed E-state index contributed by atoms with van der Waals surface area (Å²) in [6.45, 7) is 1.43. The van der Waals surface area contributed by atoms with Crippen molar-refractivity contribution in [1.29, 1.82) is 0 Å². The van der Waals surface area contributed by atoms with Gasteiger partial charge in [-0.05, 0) is 31.1 Å². The highest BCUT2D eigenvalue weighted by atomic mass is 32.2. The number of nitrogens with one attached hydrogen (secondary N) is 2. The average molecular weight is 330 g/mol. The number of rotatable bonds is 8. The number of sulfone groups is 1. The normalized spacial score (nSPS) is 22.0. The lowest BCUT2D eigenvalue weighted by Crippen LogP contribution is -2.37. The molecule has 0 aromatic rings. The minimum atomic E-state index is -3.00. The van der Waals surface area contributed by atoms with E-state index in [1.165, 1.54) is 44.8 Å². The van der Waals surface area contributed by atoms with E-state index in [1.54, 1.807) is 0 Å². The fourth-order valence-corrected chi connectivity index (χ4v) is 4.97. The molecule has 0 unspecified atom stereocenters. The third-order valence-corrected chi connectivity index (χ3v) is 5.93. The van der Waals surface area contributed by atoms with Gasteiger partial charge in [0, 0.05) is 31.8 Å². The molecule has 0 aliphatic heterocycles. The zero-order valence-corrected chi connectivity index (χ0v) is 14.5. The fourth-order valence-electron chi connectivity index (χ4n) is 3.47. The first-order chi connectivity index (χ1) is 10.4. The first-order valence-electron chi connectivity index (χ1n) is 8.56. The predicted molar refractivity (Wildman–Crippen MR) is 88.5 cm³/mol. The Hall–Kier alpha value is -0.620. The molecule has 0 aromatic heterocycles. The second-order valence-corrected chi connectivity index (χ2v) is 9.38. The summed E-state index contributed by atoms with van der Waals surface area (Å²) in [6, 6.07) is 0.597. The maximum absolute atomic E-state index is 12.0. The Morgan fingerprint density at radius 2 is 1.73 bits per heavy atom. The van der Waals surface area contributed by atoms with Gasteiger partial charge in [0.1, 0.15) is 9.84 Å². The van der Waals surface area contributed by atoms with E-state index in [-0.39, 0.29) is 17.1 Å². The largest absolute Gasteiger partial charge is 0.355 e. The zero-order valence-electron chi connectivity index (χ0n) is 13.7. The summed E-state index contributed by atoms with van der Waals surface area (Å²) in [4.78, 5) is 12.0.